The SMILES string of the molecule is CN(C(=O)n1cnc(-c2ccc(O)c(-c3nn[nH]n3)c2)c1)C1CCCCC1. The molecule has 2 heterocycles. The Morgan fingerprint density at radius 2 is 2.11 bits per heavy atom. The van der Waals surface area contributed by atoms with Crippen LogP contribution in [0.2, 0.25) is 0 Å². The van der Waals surface area contributed by atoms with Gasteiger partial charge in [0.2, 0.25) is 5.82 Å². The van der Waals surface area contributed by atoms with Gasteiger partial charge >= 0.3 is 6.03 Å². The monoisotopic (exact) mass is 367 g/mol. The van der Waals surface area contributed by atoms with Crippen molar-refractivity contribution >= 4 is 6.03 Å². The third-order valence-electron chi connectivity index (χ3n) is 5.11. The Bertz CT molecular complexity index is 929. The number of rotatable bonds is 3. The largest absolute Gasteiger partial charge is 0.507 e. The van der Waals surface area contributed by atoms with Crippen LogP contribution in [0, 0.1) is 0 Å². The molecule has 2 N–H and O–H groups in total. The molecule has 140 valence electrons. The third kappa shape index (κ3) is 3.40. The van der Waals surface area contributed by atoms with E-state index < -0.39 is 0 Å². The van der Waals surface area contributed by atoms with Crippen LogP contribution < -0.4 is 0 Å². The van der Waals surface area contributed by atoms with Gasteiger partial charge < -0.3 is 10.0 Å². The van der Waals surface area contributed by atoms with Crippen LogP contribution in [0.15, 0.2) is 30.7 Å². The lowest BCUT2D eigenvalue weighted by atomic mass is 9.95. The summed E-state index contributed by atoms with van der Waals surface area (Å²) >= 11 is 0. The van der Waals surface area contributed by atoms with Gasteiger partial charge in [-0.2, -0.15) is 5.21 Å². The number of aromatic hydroxyl groups is 1. The van der Waals surface area contributed by atoms with Crippen molar-refractivity contribution in [2.45, 2.75) is 38.1 Å². The van der Waals surface area contributed by atoms with E-state index in [0.29, 0.717) is 17.1 Å². The van der Waals surface area contributed by atoms with Crippen LogP contribution >= 0.6 is 0 Å². The molecule has 1 saturated carbocycles. The Morgan fingerprint density at radius 3 is 2.85 bits per heavy atom. The van der Waals surface area contributed by atoms with Crippen molar-refractivity contribution in [3.05, 3.63) is 30.7 Å². The summed E-state index contributed by atoms with van der Waals surface area (Å²) in [6.45, 7) is 0. The fraction of sp³-hybridized carbons (Fsp3) is 0.389. The Balaban J connectivity index is 1.57. The van der Waals surface area contributed by atoms with E-state index in [-0.39, 0.29) is 17.8 Å². The number of hydrogen-bond acceptors (Lipinski definition) is 6. The number of benzene rings is 1. The molecule has 3 aromatic rings. The number of nitrogens with zero attached hydrogens (tertiary/aromatic N) is 6. The molecule has 1 aromatic carbocycles. The van der Waals surface area contributed by atoms with Gasteiger partial charge in [-0.15, -0.1) is 10.2 Å². The average molecular weight is 367 g/mol. The first-order valence-corrected chi connectivity index (χ1v) is 9.02. The predicted molar refractivity (Wildman–Crippen MR) is 97.9 cm³/mol. The summed E-state index contributed by atoms with van der Waals surface area (Å²) in [5.74, 6) is 0.342. The van der Waals surface area contributed by atoms with Crippen LogP contribution in [-0.2, 0) is 0 Å². The second kappa shape index (κ2) is 7.18. The van der Waals surface area contributed by atoms with E-state index in [2.05, 4.69) is 25.6 Å². The zero-order chi connectivity index (χ0) is 18.8. The standard InChI is InChI=1S/C18H21N7O2/c1-24(13-5-3-2-4-6-13)18(27)25-10-15(19-11-25)12-7-8-16(26)14(9-12)17-20-22-23-21-17/h7-11,13,26H,2-6H2,1H3,(H,20,21,22,23). The molecule has 1 aliphatic carbocycles. The average Bonchev–Trinajstić information content (AvgIpc) is 3.40. The number of carbonyl (C=O) groups excluding carboxylic acids is 1. The minimum absolute atomic E-state index is 0.0488. The van der Waals surface area contributed by atoms with E-state index in [0.717, 1.165) is 18.4 Å². The predicted octanol–water partition coefficient (Wildman–Crippen LogP) is 2.67. The summed E-state index contributed by atoms with van der Waals surface area (Å²) in [7, 11) is 1.85. The molecular formula is C18H21N7O2. The lowest BCUT2D eigenvalue weighted by Crippen LogP contribution is -2.40. The van der Waals surface area contributed by atoms with Crippen LogP contribution in [0.1, 0.15) is 32.1 Å². The van der Waals surface area contributed by atoms with Gasteiger partial charge in [0.05, 0.1) is 11.3 Å². The molecule has 0 bridgehead atoms. The lowest BCUT2D eigenvalue weighted by Gasteiger charge is -2.31. The zero-order valence-corrected chi connectivity index (χ0v) is 15.0. The maximum atomic E-state index is 12.8. The minimum Gasteiger partial charge on any atom is -0.507 e. The number of nitrogens with one attached hydrogen (secondary N) is 1. The first-order valence-electron chi connectivity index (χ1n) is 9.02. The molecule has 0 atom stereocenters. The Hall–Kier alpha value is -3.23. The van der Waals surface area contributed by atoms with Gasteiger partial charge in [0.25, 0.3) is 0 Å². The second-order valence-electron chi connectivity index (χ2n) is 6.82. The van der Waals surface area contributed by atoms with Crippen molar-refractivity contribution in [2.24, 2.45) is 0 Å². The van der Waals surface area contributed by atoms with Crippen molar-refractivity contribution in [2.75, 3.05) is 7.05 Å². The third-order valence-corrected chi connectivity index (χ3v) is 5.11. The van der Waals surface area contributed by atoms with Crippen molar-refractivity contribution in [1.29, 1.82) is 0 Å². The molecule has 0 unspecified atom stereocenters. The Labute approximate surface area is 156 Å². The lowest BCUT2D eigenvalue weighted by molar-refractivity contribution is 0.175. The van der Waals surface area contributed by atoms with Crippen LogP contribution in [0.4, 0.5) is 4.79 Å². The molecular weight excluding hydrogens is 346 g/mol. The topological polar surface area (TPSA) is 113 Å². The Kier molecular flexibility index (Phi) is 4.57. The highest BCUT2D eigenvalue weighted by atomic mass is 16.3. The molecule has 0 spiro atoms. The number of hydrogen-bond donors (Lipinski definition) is 2. The van der Waals surface area contributed by atoms with Crippen LogP contribution in [0.25, 0.3) is 22.6 Å². The summed E-state index contributed by atoms with van der Waals surface area (Å²) in [6.07, 6.45) is 8.92. The first-order chi connectivity index (χ1) is 13.1. The zero-order valence-electron chi connectivity index (χ0n) is 15.0. The molecule has 9 heteroatoms. The smallest absolute Gasteiger partial charge is 0.329 e. The fourth-order valence-electron chi connectivity index (χ4n) is 3.53. The number of imidazole rings is 1. The minimum atomic E-state index is -0.0854. The van der Waals surface area contributed by atoms with Gasteiger partial charge in [0.1, 0.15) is 12.1 Å². The van der Waals surface area contributed by atoms with Crippen LogP contribution in [0.3, 0.4) is 0 Å². The molecule has 1 amide bonds. The quantitative estimate of drug-likeness (QED) is 0.736. The normalized spacial score (nSPS) is 15.0. The number of aromatic amines is 1. The maximum Gasteiger partial charge on any atom is 0.329 e. The molecule has 1 aliphatic rings. The molecule has 0 aliphatic heterocycles. The number of phenolic OH excluding ortho intramolecular Hbond substituents is 1. The van der Waals surface area contributed by atoms with Crippen LogP contribution in [0.5, 0.6) is 5.75 Å². The molecule has 9 nitrogen and oxygen atoms in total. The van der Waals surface area contributed by atoms with Crippen molar-refractivity contribution < 1.29 is 9.90 Å². The highest BCUT2D eigenvalue weighted by Gasteiger charge is 2.23. The highest BCUT2D eigenvalue weighted by molar-refractivity contribution is 5.79. The van der Waals surface area contributed by atoms with Gasteiger partial charge in [-0.1, -0.05) is 19.3 Å². The van der Waals surface area contributed by atoms with E-state index in [1.165, 1.54) is 30.2 Å². The summed E-state index contributed by atoms with van der Waals surface area (Å²) in [5.41, 5.74) is 1.83. The maximum absolute atomic E-state index is 12.8. The summed E-state index contributed by atoms with van der Waals surface area (Å²) in [6, 6.07) is 5.22. The molecule has 0 radical (unpaired) electrons. The molecule has 1 fully saturated rings. The van der Waals surface area contributed by atoms with Gasteiger partial charge in [0, 0.05) is 24.8 Å². The van der Waals surface area contributed by atoms with Crippen molar-refractivity contribution in [1.82, 2.24) is 35.1 Å². The number of carbonyl (C=O) groups is 1. The summed E-state index contributed by atoms with van der Waals surface area (Å²) in [5, 5.41) is 23.7. The number of phenols is 1. The number of amides is 1. The fourth-order valence-corrected chi connectivity index (χ4v) is 3.53. The Morgan fingerprint density at radius 1 is 1.30 bits per heavy atom. The molecule has 4 rings (SSSR count). The van der Waals surface area contributed by atoms with E-state index in [1.807, 2.05) is 11.9 Å². The van der Waals surface area contributed by atoms with Gasteiger partial charge in [-0.3, -0.25) is 4.57 Å². The number of H-pyrrole nitrogens is 1. The van der Waals surface area contributed by atoms with Crippen LogP contribution in [-0.4, -0.2) is 59.3 Å². The van der Waals surface area contributed by atoms with Gasteiger partial charge in [-0.25, -0.2) is 9.78 Å². The number of tetrazole rings is 1. The van der Waals surface area contributed by atoms with E-state index in [9.17, 15) is 9.90 Å². The summed E-state index contributed by atoms with van der Waals surface area (Å²) < 4.78 is 1.50. The summed E-state index contributed by atoms with van der Waals surface area (Å²) in [4.78, 5) is 18.9. The van der Waals surface area contributed by atoms with E-state index in [4.69, 9.17) is 0 Å². The van der Waals surface area contributed by atoms with Crippen molar-refractivity contribution in [3.8, 4) is 28.4 Å². The molecule has 0 saturated heterocycles. The molecule has 27 heavy (non-hydrogen) atoms. The van der Waals surface area contributed by atoms with E-state index >= 15 is 0 Å². The van der Waals surface area contributed by atoms with Gasteiger partial charge in [-0.05, 0) is 36.3 Å². The first kappa shape index (κ1) is 17.2. The number of aromatic nitrogens is 6. The molecule has 2 aromatic heterocycles. The highest BCUT2D eigenvalue weighted by Crippen LogP contribution is 2.31. The second-order valence-corrected chi connectivity index (χ2v) is 6.82. The van der Waals surface area contributed by atoms with Gasteiger partial charge in [0.15, 0.2) is 0 Å². The van der Waals surface area contributed by atoms with E-state index in [1.54, 1.807) is 24.4 Å². The van der Waals surface area contributed by atoms with Crippen molar-refractivity contribution in [3.63, 3.8) is 0 Å².